The second-order valence-corrected chi connectivity index (χ2v) is 9.38. The van der Waals surface area contributed by atoms with Gasteiger partial charge in [-0.2, -0.15) is 0 Å². The Hall–Kier alpha value is -2.58. The zero-order chi connectivity index (χ0) is 21.3. The van der Waals surface area contributed by atoms with Crippen LogP contribution in [0.2, 0.25) is 0 Å². The summed E-state index contributed by atoms with van der Waals surface area (Å²) in [5, 5.41) is 0. The highest BCUT2D eigenvalue weighted by Crippen LogP contribution is 2.34. The fraction of sp³-hybridized carbons (Fsp3) is 0.409. The molecule has 0 saturated heterocycles. The van der Waals surface area contributed by atoms with E-state index in [-0.39, 0.29) is 16.8 Å². The molecule has 30 heavy (non-hydrogen) atoms. The van der Waals surface area contributed by atoms with Crippen molar-refractivity contribution in [1.29, 1.82) is 0 Å². The summed E-state index contributed by atoms with van der Waals surface area (Å²) in [7, 11) is -0.493. The molecule has 1 amide bonds. The van der Waals surface area contributed by atoms with Gasteiger partial charge in [-0.05, 0) is 55.2 Å². The molecule has 0 aromatic heterocycles. The zero-order valence-corrected chi connectivity index (χ0v) is 18.0. The number of amides is 1. The molecule has 1 N–H and O–H groups in total. The van der Waals surface area contributed by atoms with E-state index < -0.39 is 10.0 Å². The number of anilines is 1. The lowest BCUT2D eigenvalue weighted by Crippen LogP contribution is -2.32. The van der Waals surface area contributed by atoms with Gasteiger partial charge in [0.2, 0.25) is 10.0 Å². The minimum atomic E-state index is -3.56. The van der Waals surface area contributed by atoms with Crippen LogP contribution in [-0.4, -0.2) is 41.1 Å². The summed E-state index contributed by atoms with van der Waals surface area (Å²) in [6.07, 6.45) is 4.49. The third-order valence-electron chi connectivity index (χ3n) is 5.82. The number of carbonyl (C=O) groups excluding carboxylic acids is 1. The molecule has 2 aromatic carbocycles. The number of carbonyl (C=O) groups is 1. The summed E-state index contributed by atoms with van der Waals surface area (Å²) in [6.45, 7) is 0.489. The van der Waals surface area contributed by atoms with E-state index in [1.165, 1.54) is 7.11 Å². The van der Waals surface area contributed by atoms with Crippen LogP contribution in [0.5, 0.6) is 11.5 Å². The van der Waals surface area contributed by atoms with Gasteiger partial charge in [-0.3, -0.25) is 4.79 Å². The van der Waals surface area contributed by atoms with Gasteiger partial charge in [0.05, 0.1) is 24.7 Å². The van der Waals surface area contributed by atoms with Crippen molar-refractivity contribution < 1.29 is 22.7 Å². The maximum atomic E-state index is 13.2. The van der Waals surface area contributed by atoms with Crippen LogP contribution in [0, 0.1) is 0 Å². The zero-order valence-electron chi connectivity index (χ0n) is 17.2. The molecular weight excluding hydrogens is 404 g/mol. The highest BCUT2D eigenvalue weighted by Gasteiger charge is 2.30. The number of rotatable bonds is 6. The van der Waals surface area contributed by atoms with Crippen molar-refractivity contribution in [3.05, 3.63) is 47.5 Å². The van der Waals surface area contributed by atoms with Crippen molar-refractivity contribution in [1.82, 2.24) is 4.72 Å². The van der Waals surface area contributed by atoms with Crippen molar-refractivity contribution >= 4 is 21.6 Å². The van der Waals surface area contributed by atoms with Crippen LogP contribution in [0.3, 0.4) is 0 Å². The van der Waals surface area contributed by atoms with Gasteiger partial charge < -0.3 is 14.4 Å². The van der Waals surface area contributed by atoms with Crippen molar-refractivity contribution in [3.63, 3.8) is 0 Å². The van der Waals surface area contributed by atoms with Crippen LogP contribution in [-0.2, 0) is 16.4 Å². The van der Waals surface area contributed by atoms with Gasteiger partial charge in [0.25, 0.3) is 5.91 Å². The fourth-order valence-corrected chi connectivity index (χ4v) is 5.56. The summed E-state index contributed by atoms with van der Waals surface area (Å²) < 4.78 is 38.9. The monoisotopic (exact) mass is 430 g/mol. The van der Waals surface area contributed by atoms with Gasteiger partial charge in [-0.15, -0.1) is 0 Å². The van der Waals surface area contributed by atoms with E-state index in [9.17, 15) is 13.2 Å². The lowest BCUT2D eigenvalue weighted by molar-refractivity contribution is 0.0986. The molecule has 0 spiro atoms. The van der Waals surface area contributed by atoms with Gasteiger partial charge in [0, 0.05) is 24.3 Å². The first-order valence-corrected chi connectivity index (χ1v) is 11.6. The Morgan fingerprint density at radius 2 is 1.83 bits per heavy atom. The molecular formula is C22H26N2O5S. The molecule has 7 nitrogen and oxygen atoms in total. The Morgan fingerprint density at radius 3 is 2.53 bits per heavy atom. The van der Waals surface area contributed by atoms with E-state index in [2.05, 4.69) is 4.72 Å². The molecule has 0 atom stereocenters. The summed E-state index contributed by atoms with van der Waals surface area (Å²) in [5.41, 5.74) is 2.02. The second-order valence-electron chi connectivity index (χ2n) is 7.67. The van der Waals surface area contributed by atoms with Gasteiger partial charge in [0.1, 0.15) is 11.5 Å². The van der Waals surface area contributed by atoms with Crippen LogP contribution in [0.1, 0.15) is 41.6 Å². The third-order valence-corrected chi connectivity index (χ3v) is 7.34. The smallest absolute Gasteiger partial charge is 0.262 e. The van der Waals surface area contributed by atoms with E-state index in [1.54, 1.807) is 48.4 Å². The van der Waals surface area contributed by atoms with Crippen molar-refractivity contribution in [2.45, 2.75) is 43.0 Å². The number of sulfonamides is 1. The Kier molecular flexibility index (Phi) is 5.71. The molecule has 2 aromatic rings. The van der Waals surface area contributed by atoms with Crippen molar-refractivity contribution in [3.8, 4) is 11.5 Å². The molecule has 1 aliphatic heterocycles. The van der Waals surface area contributed by atoms with Crippen molar-refractivity contribution in [2.24, 2.45) is 0 Å². The first-order chi connectivity index (χ1) is 14.4. The molecule has 1 saturated carbocycles. The number of benzene rings is 2. The van der Waals surface area contributed by atoms with E-state index in [4.69, 9.17) is 9.47 Å². The van der Waals surface area contributed by atoms with Crippen LogP contribution in [0.25, 0.3) is 0 Å². The Balaban J connectivity index is 1.58. The summed E-state index contributed by atoms with van der Waals surface area (Å²) in [6, 6.07) is 10.1. The Labute approximate surface area is 177 Å². The van der Waals surface area contributed by atoms with E-state index >= 15 is 0 Å². The Bertz CT molecular complexity index is 1060. The standard InChI is InChI=1S/C22H26N2O5S/c1-28-17-7-9-19(21(14-17)29-2)22(25)24-12-11-15-13-18(8-10-20(15)24)30(26,27)23-16-5-3-4-6-16/h7-10,13-14,16,23H,3-6,11-12H2,1-2H3. The largest absolute Gasteiger partial charge is 0.497 e. The SMILES string of the molecule is COc1ccc(C(=O)N2CCc3cc(S(=O)(=O)NC4CCCC4)ccc32)c(OC)c1. The van der Waals surface area contributed by atoms with Gasteiger partial charge in [-0.1, -0.05) is 12.8 Å². The molecule has 1 aliphatic carbocycles. The van der Waals surface area contributed by atoms with Crippen LogP contribution >= 0.6 is 0 Å². The molecule has 0 bridgehead atoms. The molecule has 0 radical (unpaired) electrons. The average Bonchev–Trinajstić information content (AvgIpc) is 3.41. The molecule has 160 valence electrons. The topological polar surface area (TPSA) is 84.9 Å². The average molecular weight is 431 g/mol. The summed E-state index contributed by atoms with van der Waals surface area (Å²) in [4.78, 5) is 15.1. The maximum absolute atomic E-state index is 13.2. The summed E-state index contributed by atoms with van der Waals surface area (Å²) >= 11 is 0. The van der Waals surface area contributed by atoms with Crippen LogP contribution in [0.15, 0.2) is 41.3 Å². The first-order valence-electron chi connectivity index (χ1n) is 10.1. The Morgan fingerprint density at radius 1 is 1.07 bits per heavy atom. The molecule has 0 unspecified atom stereocenters. The lowest BCUT2D eigenvalue weighted by atomic mass is 10.1. The van der Waals surface area contributed by atoms with Crippen LogP contribution < -0.4 is 19.1 Å². The maximum Gasteiger partial charge on any atom is 0.262 e. The molecule has 4 rings (SSSR count). The molecule has 8 heteroatoms. The minimum absolute atomic E-state index is 0.0175. The number of methoxy groups -OCH3 is 2. The number of hydrogen-bond donors (Lipinski definition) is 1. The number of nitrogens with zero attached hydrogens (tertiary/aromatic N) is 1. The van der Waals surface area contributed by atoms with Gasteiger partial charge >= 0.3 is 0 Å². The third kappa shape index (κ3) is 3.89. The number of ether oxygens (including phenoxy) is 2. The molecule has 2 aliphatic rings. The predicted molar refractivity (Wildman–Crippen MR) is 114 cm³/mol. The van der Waals surface area contributed by atoms with E-state index in [0.29, 0.717) is 30.0 Å². The quantitative estimate of drug-likeness (QED) is 0.761. The first kappa shape index (κ1) is 20.7. The van der Waals surface area contributed by atoms with Gasteiger partial charge in [-0.25, -0.2) is 13.1 Å². The van der Waals surface area contributed by atoms with Crippen molar-refractivity contribution in [2.75, 3.05) is 25.7 Å². The predicted octanol–water partition coefficient (Wildman–Crippen LogP) is 3.13. The van der Waals surface area contributed by atoms with E-state index in [1.807, 2.05) is 0 Å². The van der Waals surface area contributed by atoms with Crippen LogP contribution in [0.4, 0.5) is 5.69 Å². The minimum Gasteiger partial charge on any atom is -0.497 e. The number of hydrogen-bond acceptors (Lipinski definition) is 5. The fourth-order valence-electron chi connectivity index (χ4n) is 4.21. The highest BCUT2D eigenvalue weighted by molar-refractivity contribution is 7.89. The molecule has 1 fully saturated rings. The second kappa shape index (κ2) is 8.28. The number of fused-ring (bicyclic) bond motifs is 1. The number of nitrogens with one attached hydrogen (secondary N) is 1. The summed E-state index contributed by atoms with van der Waals surface area (Å²) in [5.74, 6) is 0.857. The lowest BCUT2D eigenvalue weighted by Gasteiger charge is -2.19. The normalized spacial score (nSPS) is 16.5. The molecule has 1 heterocycles. The van der Waals surface area contributed by atoms with E-state index in [0.717, 1.165) is 36.9 Å². The van der Waals surface area contributed by atoms with Gasteiger partial charge in [0.15, 0.2) is 0 Å². The highest BCUT2D eigenvalue weighted by atomic mass is 32.2.